The SMILES string of the molecule is CC(CC(=O)N1CCN(C(=O)c2ccco2)CC1)c1ccccc1. The fraction of sp³-hybridized carbons (Fsp3) is 0.368. The number of hydrogen-bond acceptors (Lipinski definition) is 3. The summed E-state index contributed by atoms with van der Waals surface area (Å²) in [5.41, 5.74) is 1.18. The highest BCUT2D eigenvalue weighted by Gasteiger charge is 2.26. The highest BCUT2D eigenvalue weighted by atomic mass is 16.3. The summed E-state index contributed by atoms with van der Waals surface area (Å²) in [6, 6.07) is 13.5. The molecule has 1 aromatic carbocycles. The largest absolute Gasteiger partial charge is 0.459 e. The molecule has 5 heteroatoms. The van der Waals surface area contributed by atoms with Crippen LogP contribution in [0.2, 0.25) is 0 Å². The van der Waals surface area contributed by atoms with Gasteiger partial charge in [0.25, 0.3) is 5.91 Å². The third kappa shape index (κ3) is 3.67. The zero-order chi connectivity index (χ0) is 16.9. The second-order valence-electron chi connectivity index (χ2n) is 6.17. The number of rotatable bonds is 4. The maximum Gasteiger partial charge on any atom is 0.289 e. The molecule has 126 valence electrons. The van der Waals surface area contributed by atoms with E-state index < -0.39 is 0 Å². The Kier molecular flexibility index (Phi) is 4.99. The quantitative estimate of drug-likeness (QED) is 0.868. The van der Waals surface area contributed by atoms with Crippen LogP contribution in [0.15, 0.2) is 53.1 Å². The molecule has 2 heterocycles. The fourth-order valence-electron chi connectivity index (χ4n) is 3.01. The lowest BCUT2D eigenvalue weighted by Crippen LogP contribution is -2.50. The topological polar surface area (TPSA) is 53.8 Å². The maximum absolute atomic E-state index is 12.5. The van der Waals surface area contributed by atoms with Gasteiger partial charge in [-0.1, -0.05) is 37.3 Å². The summed E-state index contributed by atoms with van der Waals surface area (Å²) in [6.07, 6.45) is 1.99. The van der Waals surface area contributed by atoms with Crippen LogP contribution in [0.25, 0.3) is 0 Å². The first kappa shape index (κ1) is 16.3. The maximum atomic E-state index is 12.5. The molecule has 1 fully saturated rings. The smallest absolute Gasteiger partial charge is 0.289 e. The van der Waals surface area contributed by atoms with Gasteiger partial charge in [0.15, 0.2) is 5.76 Å². The average Bonchev–Trinajstić information content (AvgIpc) is 3.16. The Morgan fingerprint density at radius 1 is 1.00 bits per heavy atom. The van der Waals surface area contributed by atoms with E-state index in [-0.39, 0.29) is 17.7 Å². The van der Waals surface area contributed by atoms with Crippen molar-refractivity contribution in [1.82, 2.24) is 9.80 Å². The van der Waals surface area contributed by atoms with Crippen molar-refractivity contribution in [2.75, 3.05) is 26.2 Å². The van der Waals surface area contributed by atoms with Crippen molar-refractivity contribution in [1.29, 1.82) is 0 Å². The molecule has 5 nitrogen and oxygen atoms in total. The fourth-order valence-corrected chi connectivity index (χ4v) is 3.01. The van der Waals surface area contributed by atoms with E-state index >= 15 is 0 Å². The predicted octanol–water partition coefficient (Wildman–Crippen LogP) is 2.76. The van der Waals surface area contributed by atoms with E-state index in [1.54, 1.807) is 17.0 Å². The minimum atomic E-state index is -0.107. The highest BCUT2D eigenvalue weighted by Crippen LogP contribution is 2.20. The van der Waals surface area contributed by atoms with Crippen molar-refractivity contribution in [3.05, 3.63) is 60.1 Å². The first-order chi connectivity index (χ1) is 11.6. The monoisotopic (exact) mass is 326 g/mol. The van der Waals surface area contributed by atoms with Crippen LogP contribution in [0, 0.1) is 0 Å². The van der Waals surface area contributed by atoms with Gasteiger partial charge in [-0.15, -0.1) is 0 Å². The standard InChI is InChI=1S/C19H22N2O3/c1-15(16-6-3-2-4-7-16)14-18(22)20-9-11-21(12-10-20)19(23)17-8-5-13-24-17/h2-8,13,15H,9-12,14H2,1H3. The third-order valence-corrected chi connectivity index (χ3v) is 4.50. The molecule has 1 aliphatic heterocycles. The molecule has 0 spiro atoms. The van der Waals surface area contributed by atoms with Crippen molar-refractivity contribution >= 4 is 11.8 Å². The molecule has 0 N–H and O–H groups in total. The lowest BCUT2D eigenvalue weighted by Gasteiger charge is -2.34. The Hall–Kier alpha value is -2.56. The summed E-state index contributed by atoms with van der Waals surface area (Å²) in [5.74, 6) is 0.593. The summed E-state index contributed by atoms with van der Waals surface area (Å²) < 4.78 is 5.15. The first-order valence-electron chi connectivity index (χ1n) is 8.30. The Morgan fingerprint density at radius 3 is 2.29 bits per heavy atom. The van der Waals surface area contributed by atoms with E-state index in [0.29, 0.717) is 38.4 Å². The normalized spacial score (nSPS) is 16.0. The molecule has 2 aromatic rings. The van der Waals surface area contributed by atoms with E-state index in [9.17, 15) is 9.59 Å². The molecule has 1 unspecified atom stereocenters. The number of amides is 2. The molecule has 1 aliphatic rings. The van der Waals surface area contributed by atoms with Crippen LogP contribution in [0.3, 0.4) is 0 Å². The lowest BCUT2D eigenvalue weighted by molar-refractivity contribution is -0.133. The van der Waals surface area contributed by atoms with Gasteiger partial charge >= 0.3 is 0 Å². The predicted molar refractivity (Wildman–Crippen MR) is 90.7 cm³/mol. The van der Waals surface area contributed by atoms with Crippen molar-refractivity contribution in [3.8, 4) is 0 Å². The number of benzene rings is 1. The number of carbonyl (C=O) groups is 2. The van der Waals surface area contributed by atoms with Crippen molar-refractivity contribution in [2.45, 2.75) is 19.3 Å². The summed E-state index contributed by atoms with van der Waals surface area (Å²) in [4.78, 5) is 28.3. The third-order valence-electron chi connectivity index (χ3n) is 4.50. The lowest BCUT2D eigenvalue weighted by atomic mass is 9.97. The second-order valence-corrected chi connectivity index (χ2v) is 6.17. The van der Waals surface area contributed by atoms with Gasteiger partial charge in [-0.3, -0.25) is 9.59 Å². The van der Waals surface area contributed by atoms with Crippen LogP contribution in [0.4, 0.5) is 0 Å². The van der Waals surface area contributed by atoms with Gasteiger partial charge in [-0.2, -0.15) is 0 Å². The van der Waals surface area contributed by atoms with Gasteiger partial charge in [-0.25, -0.2) is 0 Å². The number of furan rings is 1. The molecule has 3 rings (SSSR count). The molecule has 1 aromatic heterocycles. The van der Waals surface area contributed by atoms with Gasteiger partial charge in [0.05, 0.1) is 6.26 Å². The Labute approximate surface area is 141 Å². The van der Waals surface area contributed by atoms with Gasteiger partial charge in [0.1, 0.15) is 0 Å². The molecular weight excluding hydrogens is 304 g/mol. The Bertz CT molecular complexity index is 674. The minimum Gasteiger partial charge on any atom is -0.459 e. The summed E-state index contributed by atoms with van der Waals surface area (Å²) in [7, 11) is 0. The first-order valence-corrected chi connectivity index (χ1v) is 8.30. The van der Waals surface area contributed by atoms with E-state index in [2.05, 4.69) is 19.1 Å². The van der Waals surface area contributed by atoms with E-state index in [4.69, 9.17) is 4.42 Å². The van der Waals surface area contributed by atoms with Crippen LogP contribution in [-0.4, -0.2) is 47.8 Å². The Balaban J connectivity index is 1.51. The molecule has 1 saturated heterocycles. The second kappa shape index (κ2) is 7.34. The van der Waals surface area contributed by atoms with Crippen LogP contribution >= 0.6 is 0 Å². The van der Waals surface area contributed by atoms with Crippen LogP contribution in [-0.2, 0) is 4.79 Å². The van der Waals surface area contributed by atoms with Crippen molar-refractivity contribution in [3.63, 3.8) is 0 Å². The van der Waals surface area contributed by atoms with E-state index in [0.717, 1.165) is 0 Å². The average molecular weight is 326 g/mol. The molecule has 1 atom stereocenters. The summed E-state index contributed by atoms with van der Waals surface area (Å²) in [6.45, 7) is 4.32. The molecule has 0 bridgehead atoms. The zero-order valence-electron chi connectivity index (χ0n) is 13.9. The van der Waals surface area contributed by atoms with Crippen molar-refractivity contribution in [2.24, 2.45) is 0 Å². The number of nitrogens with zero attached hydrogens (tertiary/aromatic N) is 2. The summed E-state index contributed by atoms with van der Waals surface area (Å²) in [5, 5.41) is 0. The Morgan fingerprint density at radius 2 is 1.67 bits per heavy atom. The highest BCUT2D eigenvalue weighted by molar-refractivity contribution is 5.91. The van der Waals surface area contributed by atoms with Gasteiger partial charge in [-0.05, 0) is 23.6 Å². The van der Waals surface area contributed by atoms with Gasteiger partial charge in [0, 0.05) is 32.6 Å². The molecule has 0 aliphatic carbocycles. The van der Waals surface area contributed by atoms with E-state index in [1.807, 2.05) is 23.1 Å². The van der Waals surface area contributed by atoms with Gasteiger partial charge < -0.3 is 14.2 Å². The summed E-state index contributed by atoms with van der Waals surface area (Å²) >= 11 is 0. The molecular formula is C19H22N2O3. The molecule has 24 heavy (non-hydrogen) atoms. The molecule has 0 radical (unpaired) electrons. The zero-order valence-corrected chi connectivity index (χ0v) is 13.9. The van der Waals surface area contributed by atoms with Gasteiger partial charge in [0.2, 0.25) is 5.91 Å². The molecule has 0 saturated carbocycles. The molecule has 2 amide bonds. The van der Waals surface area contributed by atoms with Crippen LogP contribution in [0.1, 0.15) is 35.4 Å². The number of hydrogen-bond donors (Lipinski definition) is 0. The van der Waals surface area contributed by atoms with Crippen molar-refractivity contribution < 1.29 is 14.0 Å². The van der Waals surface area contributed by atoms with E-state index in [1.165, 1.54) is 11.8 Å². The van der Waals surface area contributed by atoms with Crippen LogP contribution < -0.4 is 0 Å². The van der Waals surface area contributed by atoms with Crippen LogP contribution in [0.5, 0.6) is 0 Å². The number of carbonyl (C=O) groups excluding carboxylic acids is 2. The minimum absolute atomic E-state index is 0.107. The number of piperazine rings is 1.